The van der Waals surface area contributed by atoms with Crippen molar-refractivity contribution in [1.29, 1.82) is 0 Å². The average molecular weight is 215 g/mol. The summed E-state index contributed by atoms with van der Waals surface area (Å²) < 4.78 is 0. The van der Waals surface area contributed by atoms with Gasteiger partial charge in [-0.25, -0.2) is 4.98 Å². The van der Waals surface area contributed by atoms with Crippen LogP contribution in [0.3, 0.4) is 0 Å². The molecule has 0 spiro atoms. The number of imidazole rings is 1. The van der Waals surface area contributed by atoms with Gasteiger partial charge in [-0.3, -0.25) is 0 Å². The molecule has 0 amide bonds. The van der Waals surface area contributed by atoms with Crippen LogP contribution in [0.2, 0.25) is 0 Å². The second kappa shape index (κ2) is 4.49. The molecule has 1 aromatic carbocycles. The van der Waals surface area contributed by atoms with Crippen LogP contribution >= 0.6 is 0 Å². The molecule has 3 N–H and O–H groups in total. The zero-order chi connectivity index (χ0) is 11.5. The molecule has 3 heteroatoms. The Morgan fingerprint density at radius 3 is 2.81 bits per heavy atom. The molecule has 0 saturated carbocycles. The van der Waals surface area contributed by atoms with Crippen molar-refractivity contribution in [3.05, 3.63) is 41.2 Å². The van der Waals surface area contributed by atoms with E-state index in [-0.39, 0.29) is 0 Å². The highest BCUT2D eigenvalue weighted by Gasteiger charge is 2.07. The summed E-state index contributed by atoms with van der Waals surface area (Å²) in [5, 5.41) is 0. The number of hydrogen-bond acceptors (Lipinski definition) is 2. The van der Waals surface area contributed by atoms with Gasteiger partial charge < -0.3 is 10.7 Å². The van der Waals surface area contributed by atoms with E-state index in [4.69, 9.17) is 5.73 Å². The first-order valence-corrected chi connectivity index (χ1v) is 5.53. The lowest BCUT2D eigenvalue weighted by atomic mass is 10.1. The predicted molar refractivity (Wildman–Crippen MR) is 66.3 cm³/mol. The van der Waals surface area contributed by atoms with Crippen LogP contribution in [0.15, 0.2) is 24.3 Å². The van der Waals surface area contributed by atoms with E-state index < -0.39 is 0 Å². The van der Waals surface area contributed by atoms with Crippen molar-refractivity contribution in [2.75, 3.05) is 6.54 Å². The third kappa shape index (κ3) is 2.14. The lowest BCUT2D eigenvalue weighted by Gasteiger charge is -1.97. The first-order valence-electron chi connectivity index (χ1n) is 5.53. The summed E-state index contributed by atoms with van der Waals surface area (Å²) in [6, 6.07) is 8.33. The van der Waals surface area contributed by atoms with E-state index in [0.29, 0.717) is 6.54 Å². The topological polar surface area (TPSA) is 54.7 Å². The Labute approximate surface area is 95.7 Å². The van der Waals surface area contributed by atoms with Gasteiger partial charge in [0, 0.05) is 17.7 Å². The van der Waals surface area contributed by atoms with Gasteiger partial charge in [0.2, 0.25) is 0 Å². The Morgan fingerprint density at radius 2 is 2.12 bits per heavy atom. The number of nitrogens with zero attached hydrogens (tertiary/aromatic N) is 1. The molecule has 1 aromatic heterocycles. The number of H-pyrrole nitrogens is 1. The van der Waals surface area contributed by atoms with Crippen molar-refractivity contribution in [2.24, 2.45) is 5.73 Å². The minimum absolute atomic E-state index is 0.638. The van der Waals surface area contributed by atoms with E-state index in [0.717, 1.165) is 29.2 Å². The van der Waals surface area contributed by atoms with E-state index in [2.05, 4.69) is 35.1 Å². The molecule has 0 atom stereocenters. The summed E-state index contributed by atoms with van der Waals surface area (Å²) in [5.74, 6) is 0.935. The minimum Gasteiger partial charge on any atom is -0.342 e. The third-order valence-corrected chi connectivity index (χ3v) is 2.66. The lowest BCUT2D eigenvalue weighted by molar-refractivity contribution is 0.924. The van der Waals surface area contributed by atoms with E-state index in [1.807, 2.05) is 13.0 Å². The molecule has 0 fully saturated rings. The molecule has 0 aliphatic carbocycles. The van der Waals surface area contributed by atoms with Crippen molar-refractivity contribution in [2.45, 2.75) is 20.3 Å². The van der Waals surface area contributed by atoms with Gasteiger partial charge in [-0.2, -0.15) is 0 Å². The number of hydrogen-bond donors (Lipinski definition) is 2. The van der Waals surface area contributed by atoms with E-state index in [9.17, 15) is 0 Å². The summed E-state index contributed by atoms with van der Waals surface area (Å²) >= 11 is 0. The monoisotopic (exact) mass is 215 g/mol. The third-order valence-electron chi connectivity index (χ3n) is 2.66. The molecule has 0 bridgehead atoms. The minimum atomic E-state index is 0.638. The highest BCUT2D eigenvalue weighted by molar-refractivity contribution is 5.57. The molecular weight excluding hydrogens is 198 g/mol. The Balaban J connectivity index is 2.37. The summed E-state index contributed by atoms with van der Waals surface area (Å²) in [5.41, 5.74) is 10.1. The highest BCUT2D eigenvalue weighted by Crippen LogP contribution is 2.19. The SMILES string of the molecule is Cc1cccc(-c2nc(CCN)c(C)[nH]2)c1. The van der Waals surface area contributed by atoms with Crippen LogP contribution < -0.4 is 5.73 Å². The first-order chi connectivity index (χ1) is 7.70. The van der Waals surface area contributed by atoms with Gasteiger partial charge in [-0.05, 0) is 26.5 Å². The van der Waals surface area contributed by atoms with Crippen LogP contribution in [0.5, 0.6) is 0 Å². The quantitative estimate of drug-likeness (QED) is 0.824. The maximum Gasteiger partial charge on any atom is 0.137 e. The molecule has 84 valence electrons. The van der Waals surface area contributed by atoms with Gasteiger partial charge in [0.25, 0.3) is 0 Å². The van der Waals surface area contributed by atoms with Crippen molar-refractivity contribution >= 4 is 0 Å². The number of aromatic nitrogens is 2. The molecule has 1 heterocycles. The first kappa shape index (κ1) is 10.9. The second-order valence-electron chi connectivity index (χ2n) is 4.07. The van der Waals surface area contributed by atoms with Gasteiger partial charge in [0.15, 0.2) is 0 Å². The summed E-state index contributed by atoms with van der Waals surface area (Å²) in [4.78, 5) is 7.88. The van der Waals surface area contributed by atoms with Crippen LogP contribution in [-0.2, 0) is 6.42 Å². The smallest absolute Gasteiger partial charge is 0.137 e. The zero-order valence-electron chi connectivity index (χ0n) is 9.75. The van der Waals surface area contributed by atoms with Crippen molar-refractivity contribution in [3.63, 3.8) is 0 Å². The second-order valence-corrected chi connectivity index (χ2v) is 4.07. The molecule has 0 saturated heterocycles. The van der Waals surface area contributed by atoms with Crippen LogP contribution in [0.1, 0.15) is 17.0 Å². The number of nitrogens with two attached hydrogens (primary N) is 1. The standard InChI is InChI=1S/C13H17N3/c1-9-4-3-5-11(8-9)13-15-10(2)12(16-13)6-7-14/h3-5,8H,6-7,14H2,1-2H3,(H,15,16). The van der Waals surface area contributed by atoms with Crippen LogP contribution in [0.25, 0.3) is 11.4 Å². The van der Waals surface area contributed by atoms with Crippen LogP contribution in [0.4, 0.5) is 0 Å². The number of aromatic amines is 1. The summed E-state index contributed by atoms with van der Waals surface area (Å²) in [7, 11) is 0. The van der Waals surface area contributed by atoms with Crippen molar-refractivity contribution < 1.29 is 0 Å². The molecule has 0 radical (unpaired) electrons. The molecule has 0 aliphatic rings. The van der Waals surface area contributed by atoms with Gasteiger partial charge >= 0.3 is 0 Å². The van der Waals surface area contributed by atoms with E-state index in [1.165, 1.54) is 5.56 Å². The summed E-state index contributed by atoms with van der Waals surface area (Å²) in [6.07, 6.45) is 0.828. The molecule has 16 heavy (non-hydrogen) atoms. The normalized spacial score (nSPS) is 10.7. The maximum absolute atomic E-state index is 5.55. The maximum atomic E-state index is 5.55. The zero-order valence-corrected chi connectivity index (χ0v) is 9.75. The molecule has 0 unspecified atom stereocenters. The lowest BCUT2D eigenvalue weighted by Crippen LogP contribution is -2.03. The van der Waals surface area contributed by atoms with Gasteiger partial charge in [0.1, 0.15) is 5.82 Å². The molecule has 2 aromatic rings. The number of rotatable bonds is 3. The van der Waals surface area contributed by atoms with E-state index in [1.54, 1.807) is 0 Å². The highest BCUT2D eigenvalue weighted by atomic mass is 14.9. The number of benzene rings is 1. The summed E-state index contributed by atoms with van der Waals surface area (Å²) in [6.45, 7) is 4.76. The van der Waals surface area contributed by atoms with Gasteiger partial charge in [-0.15, -0.1) is 0 Å². The van der Waals surface area contributed by atoms with Crippen molar-refractivity contribution in [3.8, 4) is 11.4 Å². The number of nitrogens with one attached hydrogen (secondary N) is 1. The van der Waals surface area contributed by atoms with Gasteiger partial charge in [-0.1, -0.05) is 23.8 Å². The van der Waals surface area contributed by atoms with E-state index >= 15 is 0 Å². The Morgan fingerprint density at radius 1 is 1.31 bits per heavy atom. The molecule has 3 nitrogen and oxygen atoms in total. The fraction of sp³-hybridized carbons (Fsp3) is 0.308. The Kier molecular flexibility index (Phi) is 3.06. The van der Waals surface area contributed by atoms with Crippen LogP contribution in [0, 0.1) is 13.8 Å². The Bertz CT molecular complexity index is 486. The largest absolute Gasteiger partial charge is 0.342 e. The van der Waals surface area contributed by atoms with Gasteiger partial charge in [0.05, 0.1) is 5.69 Å². The predicted octanol–water partition coefficient (Wildman–Crippen LogP) is 2.19. The fourth-order valence-electron chi connectivity index (χ4n) is 1.81. The molecular formula is C13H17N3. The average Bonchev–Trinajstić information content (AvgIpc) is 2.61. The Hall–Kier alpha value is -1.61. The van der Waals surface area contributed by atoms with Crippen molar-refractivity contribution in [1.82, 2.24) is 9.97 Å². The van der Waals surface area contributed by atoms with Crippen LogP contribution in [-0.4, -0.2) is 16.5 Å². The number of aryl methyl sites for hydroxylation is 2. The molecule has 2 rings (SSSR count). The fourth-order valence-corrected chi connectivity index (χ4v) is 1.81. The molecule has 0 aliphatic heterocycles.